The molecule has 0 aliphatic rings. The van der Waals surface area contributed by atoms with Gasteiger partial charge < -0.3 is 10.6 Å². The average molecular weight is 467 g/mol. The molecule has 2 aromatic heterocycles. The fraction of sp³-hybridized carbons (Fsp3) is 0.182. The maximum Gasteiger partial charge on any atom is 0.295 e. The van der Waals surface area contributed by atoms with Crippen LogP contribution in [0.1, 0.15) is 11.3 Å². The van der Waals surface area contributed by atoms with Gasteiger partial charge in [0.25, 0.3) is 5.56 Å². The lowest BCUT2D eigenvalue weighted by Crippen LogP contribution is -2.23. The molecule has 8 nitrogen and oxygen atoms in total. The molecule has 0 saturated heterocycles. The number of hydrogen-bond acceptors (Lipinski definition) is 7. The van der Waals surface area contributed by atoms with Crippen LogP contribution in [0.2, 0.25) is 0 Å². The number of hydrogen-bond donors (Lipinski definition) is 2. The first-order valence-corrected chi connectivity index (χ1v) is 11.7. The number of thioether (sulfide) groups is 1. The largest absolute Gasteiger partial charge is 0.330 e. The van der Waals surface area contributed by atoms with Gasteiger partial charge in [-0.15, -0.1) is 10.2 Å². The van der Waals surface area contributed by atoms with Crippen LogP contribution in [0.5, 0.6) is 0 Å². The molecule has 0 fully saturated rings. The summed E-state index contributed by atoms with van der Waals surface area (Å²) in [6.45, 7) is 3.83. The Labute approximate surface area is 193 Å². The van der Waals surface area contributed by atoms with E-state index >= 15 is 0 Å². The summed E-state index contributed by atoms with van der Waals surface area (Å²) in [6.07, 6.45) is 0. The van der Waals surface area contributed by atoms with Crippen molar-refractivity contribution in [3.8, 4) is 5.69 Å². The highest BCUT2D eigenvalue weighted by atomic mass is 32.2. The van der Waals surface area contributed by atoms with Crippen molar-refractivity contribution in [3.63, 3.8) is 0 Å². The van der Waals surface area contributed by atoms with Gasteiger partial charge in [0.1, 0.15) is 5.69 Å². The van der Waals surface area contributed by atoms with Crippen LogP contribution in [-0.2, 0) is 11.8 Å². The number of para-hydroxylation sites is 1. The minimum atomic E-state index is -0.274. The topological polar surface area (TPSA) is 93.8 Å². The summed E-state index contributed by atoms with van der Waals surface area (Å²) in [5.41, 5.74) is 3.51. The van der Waals surface area contributed by atoms with Crippen molar-refractivity contribution < 1.29 is 4.79 Å². The number of nitrogens with zero attached hydrogens (tertiary/aromatic N) is 4. The van der Waals surface area contributed by atoms with Crippen molar-refractivity contribution in [2.75, 3.05) is 16.4 Å². The molecule has 4 aromatic rings. The van der Waals surface area contributed by atoms with E-state index in [-0.39, 0.29) is 22.9 Å². The highest BCUT2D eigenvalue weighted by Gasteiger charge is 2.18. The van der Waals surface area contributed by atoms with Gasteiger partial charge in [-0.25, -0.2) is 4.68 Å². The van der Waals surface area contributed by atoms with Gasteiger partial charge in [-0.05, 0) is 43.7 Å². The first-order chi connectivity index (χ1) is 15.4. The molecule has 0 spiro atoms. The molecular formula is C22H22N6O2S2. The average Bonchev–Trinajstić information content (AvgIpc) is 3.31. The Bertz CT molecular complexity index is 1310. The first kappa shape index (κ1) is 21.8. The van der Waals surface area contributed by atoms with Crippen molar-refractivity contribution in [3.05, 3.63) is 76.2 Å². The van der Waals surface area contributed by atoms with Crippen molar-refractivity contribution in [1.29, 1.82) is 0 Å². The second-order valence-electron chi connectivity index (χ2n) is 7.14. The molecule has 0 aliphatic heterocycles. The summed E-state index contributed by atoms with van der Waals surface area (Å²) >= 11 is 2.65. The molecule has 0 saturated carbocycles. The summed E-state index contributed by atoms with van der Waals surface area (Å²) < 4.78 is 3.93. The Morgan fingerprint density at radius 1 is 1.09 bits per heavy atom. The van der Waals surface area contributed by atoms with Crippen molar-refractivity contribution in [1.82, 2.24) is 19.6 Å². The maximum atomic E-state index is 12.9. The van der Waals surface area contributed by atoms with Crippen LogP contribution in [0.25, 0.3) is 5.69 Å². The van der Waals surface area contributed by atoms with Crippen molar-refractivity contribution in [2.45, 2.75) is 18.2 Å². The Balaban J connectivity index is 1.40. The standard InChI is InChI=1S/C22H22N6O2S2/c1-14-8-7-9-16(12-14)23-21-25-26-22(32-21)31-13-18(29)24-19-15(2)27(3)28(20(19)30)17-10-5-4-6-11-17/h4-12H,13H2,1-3H3,(H,23,25)(H,24,29). The van der Waals surface area contributed by atoms with E-state index < -0.39 is 0 Å². The number of rotatable bonds is 7. The number of anilines is 3. The molecule has 10 heteroatoms. The Kier molecular flexibility index (Phi) is 6.42. The molecule has 2 heterocycles. The SMILES string of the molecule is Cc1cccc(Nc2nnc(SCC(=O)Nc3c(C)n(C)n(-c4ccccc4)c3=O)s2)c1. The molecule has 0 radical (unpaired) electrons. The summed E-state index contributed by atoms with van der Waals surface area (Å²) in [7, 11) is 1.79. The zero-order chi connectivity index (χ0) is 22.7. The van der Waals surface area contributed by atoms with Crippen LogP contribution in [0.15, 0.2) is 63.7 Å². The quantitative estimate of drug-likeness (QED) is 0.398. The van der Waals surface area contributed by atoms with Gasteiger partial charge in [0.15, 0.2) is 4.34 Å². The monoisotopic (exact) mass is 466 g/mol. The summed E-state index contributed by atoms with van der Waals surface area (Å²) in [5, 5.41) is 14.9. The third-order valence-corrected chi connectivity index (χ3v) is 6.79. The second-order valence-corrected chi connectivity index (χ2v) is 9.34. The normalized spacial score (nSPS) is 10.8. The number of aromatic nitrogens is 4. The smallest absolute Gasteiger partial charge is 0.295 e. The van der Waals surface area contributed by atoms with E-state index in [1.807, 2.05) is 61.5 Å². The first-order valence-electron chi connectivity index (χ1n) is 9.86. The van der Waals surface area contributed by atoms with E-state index in [0.717, 1.165) is 16.9 Å². The minimum absolute atomic E-state index is 0.123. The van der Waals surface area contributed by atoms with Gasteiger partial charge in [0.05, 0.1) is 17.1 Å². The predicted octanol–water partition coefficient (Wildman–Crippen LogP) is 4.12. The zero-order valence-corrected chi connectivity index (χ0v) is 19.5. The van der Waals surface area contributed by atoms with Crippen LogP contribution in [0, 0.1) is 13.8 Å². The molecular weight excluding hydrogens is 444 g/mol. The van der Waals surface area contributed by atoms with Gasteiger partial charge in [0, 0.05) is 12.7 Å². The maximum absolute atomic E-state index is 12.9. The summed E-state index contributed by atoms with van der Waals surface area (Å²) in [5.74, 6) is -0.150. The van der Waals surface area contributed by atoms with E-state index in [2.05, 4.69) is 20.8 Å². The van der Waals surface area contributed by atoms with Gasteiger partial charge in [-0.2, -0.15) is 0 Å². The lowest BCUT2D eigenvalue weighted by Gasteiger charge is -2.07. The van der Waals surface area contributed by atoms with E-state index in [9.17, 15) is 9.59 Å². The van der Waals surface area contributed by atoms with E-state index in [1.165, 1.54) is 27.8 Å². The number of nitrogens with one attached hydrogen (secondary N) is 2. The summed E-state index contributed by atoms with van der Waals surface area (Å²) in [6, 6.07) is 17.3. The van der Waals surface area contributed by atoms with Crippen LogP contribution < -0.4 is 16.2 Å². The van der Waals surface area contributed by atoms with Gasteiger partial charge in [-0.1, -0.05) is 53.4 Å². The highest BCUT2D eigenvalue weighted by molar-refractivity contribution is 8.01. The third-order valence-electron chi connectivity index (χ3n) is 4.82. The zero-order valence-electron chi connectivity index (χ0n) is 17.8. The summed E-state index contributed by atoms with van der Waals surface area (Å²) in [4.78, 5) is 25.4. The molecule has 0 bridgehead atoms. The Morgan fingerprint density at radius 3 is 2.62 bits per heavy atom. The lowest BCUT2D eigenvalue weighted by atomic mass is 10.2. The van der Waals surface area contributed by atoms with E-state index in [1.54, 1.807) is 18.7 Å². The number of carbonyl (C=O) groups is 1. The lowest BCUT2D eigenvalue weighted by molar-refractivity contribution is -0.113. The Morgan fingerprint density at radius 2 is 1.88 bits per heavy atom. The number of carbonyl (C=O) groups excluding carboxylic acids is 1. The van der Waals surface area contributed by atoms with Crippen LogP contribution in [-0.4, -0.2) is 31.2 Å². The molecule has 0 atom stereocenters. The number of benzene rings is 2. The van der Waals surface area contributed by atoms with Gasteiger partial charge in [-0.3, -0.25) is 14.3 Å². The molecule has 1 amide bonds. The number of amides is 1. The minimum Gasteiger partial charge on any atom is -0.330 e. The van der Waals surface area contributed by atoms with Gasteiger partial charge in [0.2, 0.25) is 11.0 Å². The molecule has 0 aliphatic carbocycles. The van der Waals surface area contributed by atoms with E-state index in [0.29, 0.717) is 15.2 Å². The highest BCUT2D eigenvalue weighted by Crippen LogP contribution is 2.28. The molecule has 2 N–H and O–H groups in total. The molecule has 32 heavy (non-hydrogen) atoms. The molecule has 0 unspecified atom stereocenters. The fourth-order valence-corrected chi connectivity index (χ4v) is 4.75. The molecule has 2 aromatic carbocycles. The van der Waals surface area contributed by atoms with Gasteiger partial charge >= 0.3 is 0 Å². The third kappa shape index (κ3) is 4.76. The van der Waals surface area contributed by atoms with Crippen LogP contribution >= 0.6 is 23.1 Å². The van der Waals surface area contributed by atoms with E-state index in [4.69, 9.17) is 0 Å². The Hall–Kier alpha value is -3.37. The molecule has 4 rings (SSSR count). The van der Waals surface area contributed by atoms with Crippen LogP contribution in [0.3, 0.4) is 0 Å². The fourth-order valence-electron chi connectivity index (χ4n) is 3.18. The predicted molar refractivity (Wildman–Crippen MR) is 129 cm³/mol. The second kappa shape index (κ2) is 9.41. The molecule has 164 valence electrons. The van der Waals surface area contributed by atoms with Crippen LogP contribution in [0.4, 0.5) is 16.5 Å². The number of aryl methyl sites for hydroxylation is 1. The van der Waals surface area contributed by atoms with Crippen molar-refractivity contribution in [2.24, 2.45) is 7.05 Å². The van der Waals surface area contributed by atoms with Crippen molar-refractivity contribution >= 4 is 45.5 Å².